The quantitative estimate of drug-likeness (QED) is 0.465. The average molecular weight is 300 g/mol. The lowest BCUT2D eigenvalue weighted by molar-refractivity contribution is 0.0523. The molecular formula is C17H16O5. The van der Waals surface area contributed by atoms with E-state index in [0.29, 0.717) is 11.5 Å². The molecule has 0 aliphatic rings. The lowest BCUT2D eigenvalue weighted by atomic mass is 10.0. The fraction of sp³-hybridized carbons (Fsp3) is 0.176. The van der Waals surface area contributed by atoms with Crippen molar-refractivity contribution in [3.63, 3.8) is 0 Å². The van der Waals surface area contributed by atoms with Gasteiger partial charge in [0.2, 0.25) is 0 Å². The van der Waals surface area contributed by atoms with Gasteiger partial charge in [-0.05, 0) is 49.4 Å². The summed E-state index contributed by atoms with van der Waals surface area (Å²) in [6.07, 6.45) is 4.40. The standard InChI is InChI=1S/C17H16O5/c1-3-21-17(19)14-8-6-13(20-2)11-15(14)16(18)9-7-12-5-4-10-22-12/h4-11H,3H2,1-2H3. The summed E-state index contributed by atoms with van der Waals surface area (Å²) >= 11 is 0. The van der Waals surface area contributed by atoms with Gasteiger partial charge in [0.15, 0.2) is 5.78 Å². The van der Waals surface area contributed by atoms with E-state index in [4.69, 9.17) is 13.9 Å². The first-order valence-corrected chi connectivity index (χ1v) is 6.76. The summed E-state index contributed by atoms with van der Waals surface area (Å²) in [5, 5.41) is 0. The molecule has 5 nitrogen and oxygen atoms in total. The summed E-state index contributed by atoms with van der Waals surface area (Å²) in [4.78, 5) is 24.3. The number of rotatable bonds is 6. The van der Waals surface area contributed by atoms with E-state index in [1.54, 1.807) is 25.1 Å². The van der Waals surface area contributed by atoms with Gasteiger partial charge in [0.05, 0.1) is 25.5 Å². The Morgan fingerprint density at radius 1 is 1.23 bits per heavy atom. The fourth-order valence-corrected chi connectivity index (χ4v) is 1.87. The van der Waals surface area contributed by atoms with Crippen molar-refractivity contribution in [2.24, 2.45) is 0 Å². The van der Waals surface area contributed by atoms with Crippen LogP contribution in [0, 0.1) is 0 Å². The number of carbonyl (C=O) groups is 2. The number of ether oxygens (including phenoxy) is 2. The van der Waals surface area contributed by atoms with Gasteiger partial charge in [-0.25, -0.2) is 4.79 Å². The van der Waals surface area contributed by atoms with E-state index >= 15 is 0 Å². The Balaban J connectivity index is 2.33. The summed E-state index contributed by atoms with van der Waals surface area (Å²) in [6.45, 7) is 1.94. The molecule has 0 fully saturated rings. The zero-order chi connectivity index (χ0) is 15.9. The largest absolute Gasteiger partial charge is 0.497 e. The number of hydrogen-bond acceptors (Lipinski definition) is 5. The Labute approximate surface area is 128 Å². The van der Waals surface area contributed by atoms with Gasteiger partial charge < -0.3 is 13.9 Å². The Bertz CT molecular complexity index is 683. The monoisotopic (exact) mass is 300 g/mol. The third-order valence-corrected chi connectivity index (χ3v) is 2.93. The van der Waals surface area contributed by atoms with Crippen molar-refractivity contribution >= 4 is 17.8 Å². The number of carbonyl (C=O) groups excluding carboxylic acids is 2. The third-order valence-electron chi connectivity index (χ3n) is 2.93. The van der Waals surface area contributed by atoms with Gasteiger partial charge in [0.1, 0.15) is 11.5 Å². The molecule has 0 atom stereocenters. The number of methoxy groups -OCH3 is 1. The molecule has 0 aliphatic carbocycles. The zero-order valence-corrected chi connectivity index (χ0v) is 12.4. The van der Waals surface area contributed by atoms with Gasteiger partial charge in [0.25, 0.3) is 0 Å². The Hall–Kier alpha value is -2.82. The summed E-state index contributed by atoms with van der Waals surface area (Å²) in [7, 11) is 1.49. The Morgan fingerprint density at radius 2 is 2.05 bits per heavy atom. The molecular weight excluding hydrogens is 284 g/mol. The van der Waals surface area contributed by atoms with E-state index in [1.807, 2.05) is 0 Å². The van der Waals surface area contributed by atoms with Gasteiger partial charge >= 0.3 is 5.97 Å². The normalized spacial score (nSPS) is 10.6. The van der Waals surface area contributed by atoms with Gasteiger partial charge in [0, 0.05) is 5.56 Å². The van der Waals surface area contributed by atoms with Crippen LogP contribution in [0.5, 0.6) is 5.75 Å². The van der Waals surface area contributed by atoms with Crippen LogP contribution in [0.2, 0.25) is 0 Å². The average Bonchev–Trinajstić information content (AvgIpc) is 3.05. The number of ketones is 1. The van der Waals surface area contributed by atoms with Crippen LogP contribution in [0.3, 0.4) is 0 Å². The van der Waals surface area contributed by atoms with Crippen LogP contribution in [-0.2, 0) is 4.74 Å². The molecule has 0 aliphatic heterocycles. The summed E-state index contributed by atoms with van der Waals surface area (Å²) in [5.41, 5.74) is 0.428. The summed E-state index contributed by atoms with van der Waals surface area (Å²) < 4.78 is 15.2. The van der Waals surface area contributed by atoms with E-state index in [-0.39, 0.29) is 23.5 Å². The van der Waals surface area contributed by atoms with E-state index in [1.165, 1.54) is 37.7 Å². The van der Waals surface area contributed by atoms with Crippen molar-refractivity contribution in [2.45, 2.75) is 6.92 Å². The fourth-order valence-electron chi connectivity index (χ4n) is 1.87. The summed E-state index contributed by atoms with van der Waals surface area (Å²) in [6, 6.07) is 8.09. The molecule has 2 aromatic rings. The molecule has 1 aromatic heterocycles. The molecule has 0 saturated heterocycles. The number of hydrogen-bond donors (Lipinski definition) is 0. The van der Waals surface area contributed by atoms with Gasteiger partial charge in [-0.15, -0.1) is 0 Å². The molecule has 0 unspecified atom stereocenters. The minimum absolute atomic E-state index is 0.205. The molecule has 1 aromatic carbocycles. The number of allylic oxidation sites excluding steroid dienone is 1. The SMILES string of the molecule is CCOC(=O)c1ccc(OC)cc1C(=O)C=Cc1ccco1. The van der Waals surface area contributed by atoms with Gasteiger partial charge in [-0.2, -0.15) is 0 Å². The zero-order valence-electron chi connectivity index (χ0n) is 12.4. The molecule has 0 amide bonds. The van der Waals surface area contributed by atoms with Crippen LogP contribution in [0.4, 0.5) is 0 Å². The molecule has 1 heterocycles. The van der Waals surface area contributed by atoms with E-state index in [9.17, 15) is 9.59 Å². The predicted molar refractivity (Wildman–Crippen MR) is 81.0 cm³/mol. The van der Waals surface area contributed by atoms with E-state index < -0.39 is 5.97 Å². The smallest absolute Gasteiger partial charge is 0.338 e. The van der Waals surface area contributed by atoms with E-state index in [0.717, 1.165) is 0 Å². The Kier molecular flexibility index (Phi) is 5.14. The van der Waals surface area contributed by atoms with Gasteiger partial charge in [-0.1, -0.05) is 0 Å². The number of benzene rings is 1. The maximum absolute atomic E-state index is 12.3. The second-order valence-corrected chi connectivity index (χ2v) is 4.34. The Morgan fingerprint density at radius 3 is 2.68 bits per heavy atom. The minimum Gasteiger partial charge on any atom is -0.497 e. The topological polar surface area (TPSA) is 65.7 Å². The van der Waals surface area contributed by atoms with Gasteiger partial charge in [-0.3, -0.25) is 4.79 Å². The number of furan rings is 1. The number of esters is 1. The third kappa shape index (κ3) is 3.63. The van der Waals surface area contributed by atoms with E-state index in [2.05, 4.69) is 0 Å². The second-order valence-electron chi connectivity index (χ2n) is 4.34. The van der Waals surface area contributed by atoms with Crippen molar-refractivity contribution in [1.82, 2.24) is 0 Å². The molecule has 0 bridgehead atoms. The molecule has 114 valence electrons. The molecule has 5 heteroatoms. The molecule has 0 saturated carbocycles. The van der Waals surface area contributed by atoms with Crippen LogP contribution in [0.25, 0.3) is 6.08 Å². The molecule has 22 heavy (non-hydrogen) atoms. The lowest BCUT2D eigenvalue weighted by Crippen LogP contribution is -2.11. The van der Waals surface area contributed by atoms with Crippen LogP contribution in [-0.4, -0.2) is 25.5 Å². The highest BCUT2D eigenvalue weighted by molar-refractivity contribution is 6.13. The molecule has 0 radical (unpaired) electrons. The molecule has 0 N–H and O–H groups in total. The first-order chi connectivity index (χ1) is 10.7. The molecule has 0 spiro atoms. The highest BCUT2D eigenvalue weighted by Crippen LogP contribution is 2.20. The van der Waals surface area contributed by atoms with Crippen LogP contribution in [0.15, 0.2) is 47.1 Å². The highest BCUT2D eigenvalue weighted by Gasteiger charge is 2.17. The van der Waals surface area contributed by atoms with Crippen molar-refractivity contribution in [3.05, 3.63) is 59.6 Å². The van der Waals surface area contributed by atoms with Crippen molar-refractivity contribution in [1.29, 1.82) is 0 Å². The first-order valence-electron chi connectivity index (χ1n) is 6.76. The first kappa shape index (κ1) is 15.6. The van der Waals surface area contributed by atoms with Crippen LogP contribution >= 0.6 is 0 Å². The predicted octanol–water partition coefficient (Wildman–Crippen LogP) is 3.36. The summed E-state index contributed by atoms with van der Waals surface area (Å²) in [5.74, 6) is 0.162. The molecule has 2 rings (SSSR count). The van der Waals surface area contributed by atoms with Crippen molar-refractivity contribution < 1.29 is 23.5 Å². The van der Waals surface area contributed by atoms with Crippen molar-refractivity contribution in [2.75, 3.05) is 13.7 Å². The minimum atomic E-state index is -0.542. The van der Waals surface area contributed by atoms with Crippen LogP contribution < -0.4 is 4.74 Å². The second kappa shape index (κ2) is 7.26. The lowest BCUT2D eigenvalue weighted by Gasteiger charge is -2.08. The van der Waals surface area contributed by atoms with Crippen molar-refractivity contribution in [3.8, 4) is 5.75 Å². The maximum atomic E-state index is 12.3. The van der Waals surface area contributed by atoms with Crippen LogP contribution in [0.1, 0.15) is 33.4 Å². The highest BCUT2D eigenvalue weighted by atomic mass is 16.5. The maximum Gasteiger partial charge on any atom is 0.338 e.